The number of likely N-dealkylation sites (tertiary alicyclic amines) is 1. The number of amides is 1. The van der Waals surface area contributed by atoms with Crippen LogP contribution in [-0.4, -0.2) is 54.3 Å². The minimum atomic E-state index is -0.332. The normalized spacial score (nSPS) is 30.5. The molecule has 3 saturated heterocycles. The molecule has 3 aliphatic heterocycles. The van der Waals surface area contributed by atoms with Gasteiger partial charge in [0, 0.05) is 13.1 Å². The molecule has 3 atom stereocenters. The fourth-order valence-corrected chi connectivity index (χ4v) is 4.18. The Hall–Kier alpha value is -1.37. The quantitative estimate of drug-likeness (QED) is 0.840. The third-order valence-electron chi connectivity index (χ3n) is 5.76. The first-order valence-electron chi connectivity index (χ1n) is 9.48. The first-order valence-corrected chi connectivity index (χ1v) is 9.48. The molecule has 3 aliphatic rings. The van der Waals surface area contributed by atoms with E-state index in [-0.39, 0.29) is 18.1 Å². The van der Waals surface area contributed by atoms with Crippen molar-refractivity contribution in [3.63, 3.8) is 0 Å². The smallest absolute Gasteiger partial charge is 0.275 e. The average molecular weight is 348 g/mol. The summed E-state index contributed by atoms with van der Waals surface area (Å²) in [7, 11) is 0. The maximum atomic E-state index is 12.6. The van der Waals surface area contributed by atoms with E-state index in [1.807, 2.05) is 6.92 Å². The largest absolute Gasteiger partial charge is 0.465 e. The van der Waals surface area contributed by atoms with Crippen molar-refractivity contribution >= 4 is 5.91 Å². The van der Waals surface area contributed by atoms with Crippen molar-refractivity contribution in [2.75, 3.05) is 26.2 Å². The Bertz CT molecular complexity index is 603. The molecule has 0 saturated carbocycles. The molecule has 0 bridgehead atoms. The van der Waals surface area contributed by atoms with Crippen molar-refractivity contribution in [2.45, 2.75) is 58.3 Å². The maximum Gasteiger partial charge on any atom is 0.275 e. The molecule has 0 N–H and O–H groups in total. The Morgan fingerprint density at radius 3 is 2.88 bits per heavy atom. The second-order valence-electron chi connectivity index (χ2n) is 7.62. The zero-order chi connectivity index (χ0) is 17.4. The number of rotatable bonds is 3. The van der Waals surface area contributed by atoms with E-state index in [4.69, 9.17) is 14.0 Å². The first-order chi connectivity index (χ1) is 12.1. The number of carbonyl (C=O) groups excluding carboxylic acids is 1. The molecule has 1 amide bonds. The summed E-state index contributed by atoms with van der Waals surface area (Å²) in [5.74, 6) is 2.50. The Kier molecular flexibility index (Phi) is 4.84. The molecule has 0 spiro atoms. The number of piperidine rings is 1. The number of hydrogen-bond acceptors (Lipinski definition) is 5. The molecule has 4 heterocycles. The maximum absolute atomic E-state index is 12.6. The Morgan fingerprint density at radius 2 is 2.16 bits per heavy atom. The van der Waals surface area contributed by atoms with Gasteiger partial charge < -0.3 is 9.15 Å². The summed E-state index contributed by atoms with van der Waals surface area (Å²) in [5.41, 5.74) is 1.20. The predicted octanol–water partition coefficient (Wildman–Crippen LogP) is 2.43. The van der Waals surface area contributed by atoms with E-state index in [0.29, 0.717) is 19.1 Å². The van der Waals surface area contributed by atoms with Gasteiger partial charge in [0.05, 0.1) is 19.3 Å². The highest BCUT2D eigenvalue weighted by Crippen LogP contribution is 2.35. The second kappa shape index (κ2) is 7.09. The molecule has 4 rings (SSSR count). The number of hydrogen-bond donors (Lipinski definition) is 0. The van der Waals surface area contributed by atoms with Gasteiger partial charge in [0.25, 0.3) is 5.91 Å². The summed E-state index contributed by atoms with van der Waals surface area (Å²) >= 11 is 0. The van der Waals surface area contributed by atoms with E-state index < -0.39 is 0 Å². The van der Waals surface area contributed by atoms with Gasteiger partial charge in [-0.2, -0.15) is 0 Å². The van der Waals surface area contributed by atoms with Gasteiger partial charge in [-0.15, -0.1) is 0 Å². The van der Waals surface area contributed by atoms with Crippen molar-refractivity contribution in [3.8, 4) is 0 Å². The van der Waals surface area contributed by atoms with Crippen molar-refractivity contribution in [1.29, 1.82) is 0 Å². The van der Waals surface area contributed by atoms with Gasteiger partial charge in [-0.25, -0.2) is 5.06 Å². The highest BCUT2D eigenvalue weighted by Gasteiger charge is 2.43. The number of furan rings is 1. The van der Waals surface area contributed by atoms with Gasteiger partial charge >= 0.3 is 0 Å². The van der Waals surface area contributed by atoms with Crippen LogP contribution in [0.15, 0.2) is 10.5 Å². The van der Waals surface area contributed by atoms with E-state index in [0.717, 1.165) is 56.8 Å². The number of carbonyl (C=O) groups is 1. The van der Waals surface area contributed by atoms with Crippen molar-refractivity contribution in [2.24, 2.45) is 5.92 Å². The third kappa shape index (κ3) is 3.61. The summed E-state index contributed by atoms with van der Waals surface area (Å²) in [6, 6.07) is 2.12. The molecule has 138 valence electrons. The lowest BCUT2D eigenvalue weighted by Crippen LogP contribution is -2.43. The Balaban J connectivity index is 1.33. The van der Waals surface area contributed by atoms with Crippen LogP contribution >= 0.6 is 0 Å². The molecule has 6 nitrogen and oxygen atoms in total. The molecule has 0 aromatic carbocycles. The van der Waals surface area contributed by atoms with Crippen LogP contribution in [0.2, 0.25) is 0 Å². The number of nitrogens with zero attached hydrogens (tertiary/aromatic N) is 2. The summed E-state index contributed by atoms with van der Waals surface area (Å²) < 4.78 is 11.9. The van der Waals surface area contributed by atoms with Gasteiger partial charge in [-0.05, 0) is 63.6 Å². The van der Waals surface area contributed by atoms with Crippen LogP contribution in [0.3, 0.4) is 0 Å². The van der Waals surface area contributed by atoms with Crippen molar-refractivity contribution in [3.05, 3.63) is 23.2 Å². The van der Waals surface area contributed by atoms with Gasteiger partial charge in [0.2, 0.25) is 0 Å². The number of ether oxygens (including phenoxy) is 1. The van der Waals surface area contributed by atoms with Crippen LogP contribution in [0.4, 0.5) is 0 Å². The Morgan fingerprint density at radius 1 is 1.28 bits per heavy atom. The molecule has 1 aromatic heterocycles. The van der Waals surface area contributed by atoms with E-state index in [1.165, 1.54) is 10.6 Å². The fraction of sp³-hybridized carbons (Fsp3) is 0.737. The van der Waals surface area contributed by atoms with Crippen molar-refractivity contribution < 1.29 is 18.8 Å². The van der Waals surface area contributed by atoms with E-state index in [1.54, 1.807) is 0 Å². The van der Waals surface area contributed by atoms with Gasteiger partial charge in [0.15, 0.2) is 0 Å². The molecular weight excluding hydrogens is 320 g/mol. The minimum absolute atomic E-state index is 0.0120. The first kappa shape index (κ1) is 17.1. The summed E-state index contributed by atoms with van der Waals surface area (Å²) in [5, 5.41) is 1.53. The van der Waals surface area contributed by atoms with Crippen LogP contribution in [0.1, 0.15) is 42.8 Å². The molecule has 25 heavy (non-hydrogen) atoms. The van der Waals surface area contributed by atoms with E-state index >= 15 is 0 Å². The van der Waals surface area contributed by atoms with Crippen LogP contribution in [0.25, 0.3) is 0 Å². The molecule has 0 aliphatic carbocycles. The SMILES string of the molecule is Cc1cc(CN2CC[C@H]3C[C@H](C(=O)N4CCCCO4)O[C@@H]3C2)oc1C. The molecule has 1 aromatic rings. The number of fused-ring (bicyclic) bond motifs is 1. The summed E-state index contributed by atoms with van der Waals surface area (Å²) in [6.07, 6.45) is 3.76. The standard InChI is InChI=1S/C19H28N2O4/c1-13-9-16(24-14(13)2)11-20-7-5-15-10-17(25-18(15)12-20)19(22)21-6-3-4-8-23-21/h9,15,17-18H,3-8,10-12H2,1-2H3/t15-,17+,18+/m0/s1. The highest BCUT2D eigenvalue weighted by molar-refractivity contribution is 5.80. The minimum Gasteiger partial charge on any atom is -0.465 e. The summed E-state index contributed by atoms with van der Waals surface area (Å²) in [6.45, 7) is 8.13. The molecule has 0 unspecified atom stereocenters. The average Bonchev–Trinajstić information content (AvgIpc) is 3.18. The van der Waals surface area contributed by atoms with Gasteiger partial charge in [-0.1, -0.05) is 0 Å². The number of aryl methyl sites for hydroxylation is 2. The molecular formula is C19H28N2O4. The van der Waals surface area contributed by atoms with Crippen LogP contribution in [0.5, 0.6) is 0 Å². The Labute approximate surface area is 149 Å². The van der Waals surface area contributed by atoms with Crippen molar-refractivity contribution in [1.82, 2.24) is 9.96 Å². The fourth-order valence-electron chi connectivity index (χ4n) is 4.18. The van der Waals surface area contributed by atoms with E-state index in [9.17, 15) is 4.79 Å². The van der Waals surface area contributed by atoms with Gasteiger partial charge in [0.1, 0.15) is 17.6 Å². The summed E-state index contributed by atoms with van der Waals surface area (Å²) in [4.78, 5) is 20.5. The second-order valence-corrected chi connectivity index (χ2v) is 7.62. The lowest BCUT2D eigenvalue weighted by Gasteiger charge is -2.33. The van der Waals surface area contributed by atoms with Crippen LogP contribution in [-0.2, 0) is 20.9 Å². The van der Waals surface area contributed by atoms with Crippen LogP contribution in [0, 0.1) is 19.8 Å². The third-order valence-corrected chi connectivity index (χ3v) is 5.76. The lowest BCUT2D eigenvalue weighted by molar-refractivity contribution is -0.206. The monoisotopic (exact) mass is 348 g/mol. The molecule has 3 fully saturated rings. The van der Waals surface area contributed by atoms with Gasteiger partial charge in [-0.3, -0.25) is 14.5 Å². The van der Waals surface area contributed by atoms with Crippen LogP contribution < -0.4 is 0 Å². The highest BCUT2D eigenvalue weighted by atomic mass is 16.7. The zero-order valence-corrected chi connectivity index (χ0v) is 15.2. The van der Waals surface area contributed by atoms with E-state index in [2.05, 4.69) is 17.9 Å². The predicted molar refractivity (Wildman–Crippen MR) is 91.7 cm³/mol. The topological polar surface area (TPSA) is 55.2 Å². The lowest BCUT2D eigenvalue weighted by atomic mass is 9.91. The number of hydroxylamine groups is 2. The molecule has 0 radical (unpaired) electrons. The zero-order valence-electron chi connectivity index (χ0n) is 15.2. The molecule has 6 heteroatoms.